The molecule has 3 saturated carbocycles. The first-order valence-corrected chi connectivity index (χ1v) is 12.8. The van der Waals surface area contributed by atoms with E-state index >= 15 is 0 Å². The van der Waals surface area contributed by atoms with Crippen LogP contribution in [0.15, 0.2) is 30.4 Å². The normalized spacial score (nSPS) is 37.4. The number of likely N-dealkylation sites (tertiary alicyclic amines) is 1. The van der Waals surface area contributed by atoms with Gasteiger partial charge in [-0.1, -0.05) is 35.4 Å². The summed E-state index contributed by atoms with van der Waals surface area (Å²) < 4.78 is 5.28. The number of carbonyl (C=O) groups excluding carboxylic acids is 4. The first-order chi connectivity index (χ1) is 16.3. The molecule has 0 radical (unpaired) electrons. The Morgan fingerprint density at radius 1 is 0.941 bits per heavy atom. The summed E-state index contributed by atoms with van der Waals surface area (Å²) in [5.41, 5.74) is 0.260. The van der Waals surface area contributed by atoms with Gasteiger partial charge in [0.25, 0.3) is 0 Å². The molecule has 1 heterocycles. The van der Waals surface area contributed by atoms with E-state index < -0.39 is 5.97 Å². The van der Waals surface area contributed by atoms with Crippen molar-refractivity contribution in [3.05, 3.63) is 46.0 Å². The highest BCUT2D eigenvalue weighted by Gasteiger charge is 2.67. The second kappa shape index (κ2) is 8.20. The van der Waals surface area contributed by atoms with Crippen LogP contribution in [0.2, 0.25) is 10.0 Å². The number of allylic oxidation sites excluding steroid dienone is 2. The molecule has 0 N–H and O–H groups in total. The fourth-order valence-corrected chi connectivity index (χ4v) is 7.47. The molecule has 4 fully saturated rings. The Labute approximate surface area is 207 Å². The molecule has 1 aromatic rings. The third-order valence-corrected chi connectivity index (χ3v) is 9.22. The number of benzene rings is 1. The van der Waals surface area contributed by atoms with Crippen LogP contribution >= 0.6 is 23.2 Å². The van der Waals surface area contributed by atoms with Crippen LogP contribution in [0.3, 0.4) is 0 Å². The van der Waals surface area contributed by atoms with Gasteiger partial charge in [-0.05, 0) is 74.0 Å². The van der Waals surface area contributed by atoms with Gasteiger partial charge >= 0.3 is 5.97 Å². The number of carbonyl (C=O) groups is 4. The Bertz CT molecular complexity index is 1090. The third kappa shape index (κ3) is 3.44. The number of amides is 2. The summed E-state index contributed by atoms with van der Waals surface area (Å²) in [6.45, 7) is -0.384. The van der Waals surface area contributed by atoms with E-state index in [9.17, 15) is 19.2 Å². The monoisotopic (exact) mass is 501 g/mol. The minimum Gasteiger partial charge on any atom is -0.457 e. The van der Waals surface area contributed by atoms with Crippen molar-refractivity contribution >= 4 is 46.8 Å². The molecule has 2 amide bonds. The molecule has 1 saturated heterocycles. The van der Waals surface area contributed by atoms with Gasteiger partial charge in [0.1, 0.15) is 0 Å². The maximum atomic E-state index is 13.3. The van der Waals surface area contributed by atoms with Crippen LogP contribution in [0.4, 0.5) is 0 Å². The van der Waals surface area contributed by atoms with E-state index in [-0.39, 0.29) is 70.4 Å². The van der Waals surface area contributed by atoms with Crippen LogP contribution < -0.4 is 0 Å². The minimum absolute atomic E-state index is 0.00355. The van der Waals surface area contributed by atoms with Crippen molar-refractivity contribution < 1.29 is 23.9 Å². The maximum absolute atomic E-state index is 13.3. The van der Waals surface area contributed by atoms with Crippen molar-refractivity contribution in [1.82, 2.24) is 4.90 Å². The number of nitrogens with zero attached hydrogens (tertiary/aromatic N) is 1. The number of ketones is 1. The van der Waals surface area contributed by atoms with Gasteiger partial charge in [0.15, 0.2) is 6.61 Å². The SMILES string of the molecule is O=C(COC(=O)C1CCC(N2C(=O)C3C4C=CC(C5CC45)C3C2=O)CC1)c1ccc(Cl)cc1Cl. The molecule has 1 aromatic carbocycles. The van der Waals surface area contributed by atoms with Gasteiger partial charge in [-0.3, -0.25) is 24.1 Å². The Hall–Kier alpha value is -2.18. The molecule has 0 spiro atoms. The summed E-state index contributed by atoms with van der Waals surface area (Å²) in [5, 5.41) is 0.640. The second-order valence-electron chi connectivity index (χ2n) is 10.4. The van der Waals surface area contributed by atoms with Crippen molar-refractivity contribution in [1.29, 1.82) is 0 Å². The van der Waals surface area contributed by atoms with E-state index in [1.165, 1.54) is 12.1 Å². The summed E-state index contributed by atoms with van der Waals surface area (Å²) in [6, 6.07) is 4.39. The van der Waals surface area contributed by atoms with E-state index in [1.54, 1.807) is 11.0 Å². The van der Waals surface area contributed by atoms with Crippen LogP contribution in [0.25, 0.3) is 0 Å². The molecule has 7 rings (SSSR count). The zero-order valence-corrected chi connectivity index (χ0v) is 20.0. The first kappa shape index (κ1) is 22.3. The predicted molar refractivity (Wildman–Crippen MR) is 124 cm³/mol. The van der Waals surface area contributed by atoms with Gasteiger partial charge in [-0.25, -0.2) is 0 Å². The summed E-state index contributed by atoms with van der Waals surface area (Å²) in [7, 11) is 0. The number of esters is 1. The molecular weight excluding hydrogens is 477 g/mol. The maximum Gasteiger partial charge on any atom is 0.309 e. The Morgan fingerprint density at radius 2 is 1.56 bits per heavy atom. The van der Waals surface area contributed by atoms with Crippen LogP contribution in [-0.2, 0) is 19.1 Å². The van der Waals surface area contributed by atoms with Gasteiger partial charge in [0, 0.05) is 16.6 Å². The first-order valence-electron chi connectivity index (χ1n) is 12.0. The number of hydrogen-bond donors (Lipinski definition) is 0. The Balaban J connectivity index is 1.04. The second-order valence-corrected chi connectivity index (χ2v) is 11.2. The van der Waals surface area contributed by atoms with Crippen molar-refractivity contribution in [2.24, 2.45) is 41.4 Å². The van der Waals surface area contributed by atoms with Gasteiger partial charge in [-0.15, -0.1) is 0 Å². The lowest BCUT2D eigenvalue weighted by Crippen LogP contribution is -2.44. The number of imide groups is 1. The molecule has 0 aromatic heterocycles. The molecule has 178 valence electrons. The minimum atomic E-state index is -0.424. The van der Waals surface area contributed by atoms with Gasteiger partial charge in [0.05, 0.1) is 22.8 Å². The molecule has 6 atom stereocenters. The highest BCUT2D eigenvalue weighted by atomic mass is 35.5. The standard InChI is InChI=1S/C26H25Cl2NO5/c27-13-3-6-17(20(28)9-13)21(30)11-34-26(33)12-1-4-14(5-2-12)29-24(31)22-15-7-8-16(19-10-18(15)19)23(22)25(29)32/h3,6-9,12,14-16,18-19,22-23H,1-2,4-5,10-11H2. The molecule has 8 heteroatoms. The number of hydrogen-bond acceptors (Lipinski definition) is 5. The summed E-state index contributed by atoms with van der Waals surface area (Å²) in [4.78, 5) is 53.1. The van der Waals surface area contributed by atoms with Crippen LogP contribution in [0.1, 0.15) is 42.5 Å². The zero-order chi connectivity index (χ0) is 23.7. The van der Waals surface area contributed by atoms with Gasteiger partial charge < -0.3 is 4.74 Å². The van der Waals surface area contributed by atoms with E-state index in [0.29, 0.717) is 42.5 Å². The topological polar surface area (TPSA) is 80.8 Å². The highest BCUT2D eigenvalue weighted by Crippen LogP contribution is 2.65. The van der Waals surface area contributed by atoms with Crippen molar-refractivity contribution in [3.63, 3.8) is 0 Å². The third-order valence-electron chi connectivity index (χ3n) is 8.67. The van der Waals surface area contributed by atoms with Crippen molar-refractivity contribution in [2.75, 3.05) is 6.61 Å². The van der Waals surface area contributed by atoms with Crippen molar-refractivity contribution in [2.45, 2.75) is 38.1 Å². The quantitative estimate of drug-likeness (QED) is 0.259. The number of Topliss-reactive ketones (excluding diaryl/α,β-unsaturated/α-hetero) is 1. The fourth-order valence-electron chi connectivity index (χ4n) is 6.96. The molecule has 2 bridgehead atoms. The van der Waals surface area contributed by atoms with Crippen LogP contribution in [0, 0.1) is 41.4 Å². The van der Waals surface area contributed by atoms with Crippen LogP contribution in [-0.4, -0.2) is 41.1 Å². The fraction of sp³-hybridized carbons (Fsp3) is 0.538. The predicted octanol–water partition coefficient (Wildman–Crippen LogP) is 4.33. The van der Waals surface area contributed by atoms with Crippen LogP contribution in [0.5, 0.6) is 0 Å². The smallest absolute Gasteiger partial charge is 0.309 e. The molecule has 5 aliphatic carbocycles. The van der Waals surface area contributed by atoms with Gasteiger partial charge in [-0.2, -0.15) is 0 Å². The Kier molecular flexibility index (Phi) is 5.38. The van der Waals surface area contributed by atoms with Crippen molar-refractivity contribution in [3.8, 4) is 0 Å². The van der Waals surface area contributed by atoms with E-state index in [1.807, 2.05) is 0 Å². The lowest BCUT2D eigenvalue weighted by Gasteiger charge is -2.37. The number of halogens is 2. The highest BCUT2D eigenvalue weighted by molar-refractivity contribution is 6.36. The largest absolute Gasteiger partial charge is 0.457 e. The number of ether oxygens (including phenoxy) is 1. The summed E-state index contributed by atoms with van der Waals surface area (Å²) >= 11 is 11.9. The van der Waals surface area contributed by atoms with E-state index in [0.717, 1.165) is 6.42 Å². The Morgan fingerprint density at radius 3 is 2.15 bits per heavy atom. The summed E-state index contributed by atoms with van der Waals surface area (Å²) in [6.07, 6.45) is 7.74. The molecule has 6 aliphatic rings. The lowest BCUT2D eigenvalue weighted by molar-refractivity contribution is -0.149. The average molecular weight is 502 g/mol. The number of rotatable bonds is 5. The lowest BCUT2D eigenvalue weighted by atomic mass is 9.63. The van der Waals surface area contributed by atoms with E-state index in [4.69, 9.17) is 27.9 Å². The van der Waals surface area contributed by atoms with E-state index in [2.05, 4.69) is 12.2 Å². The van der Waals surface area contributed by atoms with Gasteiger partial charge in [0.2, 0.25) is 17.6 Å². The summed E-state index contributed by atoms with van der Waals surface area (Å²) in [5.74, 6) is 0.0940. The molecule has 34 heavy (non-hydrogen) atoms. The molecule has 6 nitrogen and oxygen atoms in total. The zero-order valence-electron chi connectivity index (χ0n) is 18.5. The molecular formula is C26H25Cl2NO5. The molecule has 1 aliphatic heterocycles. The molecule has 6 unspecified atom stereocenters. The average Bonchev–Trinajstić information content (AvgIpc) is 3.61.